The molecule has 0 aromatic heterocycles. The van der Waals surface area contributed by atoms with Gasteiger partial charge in [-0.3, -0.25) is 15.6 Å². The number of piperidine rings is 1. The summed E-state index contributed by atoms with van der Waals surface area (Å²) in [6.45, 7) is 26.1. The number of hydrogen-bond acceptors (Lipinski definition) is 8. The standard InChI is InChI=1S/C39H53N7O2.C3H8/c1-23-12-13-30-17-31(37(47)45(10)11)14-15-34(30)39(38(42)48-22-41,35(23)25(3)16-24(2)29(7)44(8)9)19-26(4)43-21-27(5)46-32(20-40)18-33-28(6)36(33)46;1-3-2/h14-17,22,26,28,32-33,36,41-43H,2,5,7,12-13,18-19,21H2,1,3-4,6,8-11H3;3H2,1-2H3/b25-16-,41-22?,42-38?;/t26-,28?,32?,33?,36?,39?;/m1./s1. The van der Waals surface area contributed by atoms with Gasteiger partial charge in [-0.1, -0.05) is 64.6 Å². The van der Waals surface area contributed by atoms with E-state index in [1.54, 1.807) is 19.0 Å². The quantitative estimate of drug-likeness (QED) is 0.111. The number of likely N-dealkylation sites (N-methyl/N-ethyl adjacent to an activating group) is 1. The van der Waals surface area contributed by atoms with Gasteiger partial charge in [0.1, 0.15) is 6.04 Å². The minimum Gasteiger partial charge on any atom is -0.431 e. The van der Waals surface area contributed by atoms with Gasteiger partial charge < -0.3 is 24.8 Å². The summed E-state index contributed by atoms with van der Waals surface area (Å²) >= 11 is 0. The van der Waals surface area contributed by atoms with Gasteiger partial charge in [0, 0.05) is 63.8 Å². The lowest BCUT2D eigenvalue weighted by atomic mass is 9.65. The van der Waals surface area contributed by atoms with Crippen molar-refractivity contribution < 1.29 is 9.53 Å². The third kappa shape index (κ3) is 8.56. The van der Waals surface area contributed by atoms with E-state index in [4.69, 9.17) is 10.1 Å². The molecule has 6 atom stereocenters. The monoisotopic (exact) mass is 695 g/mol. The number of fused-ring (bicyclic) bond motifs is 2. The second kappa shape index (κ2) is 17.2. The molecule has 0 spiro atoms. The summed E-state index contributed by atoms with van der Waals surface area (Å²) in [5.41, 5.74) is 6.76. The molecule has 1 saturated heterocycles. The number of carbonyl (C=O) groups is 1. The molecule has 0 radical (unpaired) electrons. The molecule has 1 amide bonds. The smallest absolute Gasteiger partial charge is 0.253 e. The zero-order valence-corrected chi connectivity index (χ0v) is 32.7. The van der Waals surface area contributed by atoms with E-state index in [0.717, 1.165) is 64.1 Å². The van der Waals surface area contributed by atoms with E-state index in [2.05, 4.69) is 70.6 Å². The van der Waals surface area contributed by atoms with Crippen molar-refractivity contribution in [1.29, 1.82) is 16.1 Å². The van der Waals surface area contributed by atoms with Crippen molar-refractivity contribution in [3.8, 4) is 6.07 Å². The molecule has 3 N–H and O–H groups in total. The van der Waals surface area contributed by atoms with E-state index in [0.29, 0.717) is 42.8 Å². The average Bonchev–Trinajstić information content (AvgIpc) is 3.55. The highest BCUT2D eigenvalue weighted by Gasteiger charge is 2.58. The normalized spacial score (nSPS) is 24.0. The van der Waals surface area contributed by atoms with Crippen molar-refractivity contribution in [2.45, 2.75) is 97.2 Å². The van der Waals surface area contributed by atoms with Gasteiger partial charge in [0.2, 0.25) is 5.90 Å². The first-order valence-corrected chi connectivity index (χ1v) is 18.1. The molecule has 9 heteroatoms. The maximum absolute atomic E-state index is 13.1. The summed E-state index contributed by atoms with van der Waals surface area (Å²) in [4.78, 5) is 18.8. The summed E-state index contributed by atoms with van der Waals surface area (Å²) in [6, 6.07) is 8.31. The molecule has 5 unspecified atom stereocenters. The van der Waals surface area contributed by atoms with Crippen LogP contribution in [0.5, 0.6) is 0 Å². The minimum atomic E-state index is -1.10. The Hall–Kier alpha value is -4.42. The van der Waals surface area contributed by atoms with Crippen LogP contribution in [0.4, 0.5) is 0 Å². The summed E-state index contributed by atoms with van der Waals surface area (Å²) < 4.78 is 5.75. The van der Waals surface area contributed by atoms with E-state index >= 15 is 0 Å². The molecule has 1 aromatic carbocycles. The second-order valence-electron chi connectivity index (χ2n) is 15.0. The zero-order chi connectivity index (χ0) is 38.4. The second-order valence-corrected chi connectivity index (χ2v) is 15.0. The third-order valence-electron chi connectivity index (χ3n) is 10.5. The number of allylic oxidation sites excluding steroid dienone is 3. The maximum Gasteiger partial charge on any atom is 0.253 e. The van der Waals surface area contributed by atoms with Gasteiger partial charge in [-0.25, -0.2) is 0 Å². The first-order valence-electron chi connectivity index (χ1n) is 18.1. The Kier molecular flexibility index (Phi) is 13.8. The van der Waals surface area contributed by atoms with Crippen LogP contribution >= 0.6 is 0 Å². The molecule has 1 saturated carbocycles. The Morgan fingerprint density at radius 1 is 1.20 bits per heavy atom. The van der Waals surface area contributed by atoms with Crippen LogP contribution in [0.15, 0.2) is 77.7 Å². The number of hydrogen-bond donors (Lipinski definition) is 3. The van der Waals surface area contributed by atoms with Gasteiger partial charge in [0.05, 0.1) is 11.5 Å². The van der Waals surface area contributed by atoms with Crippen LogP contribution in [-0.2, 0) is 16.6 Å². The molecule has 2 aliphatic carbocycles. The first-order chi connectivity index (χ1) is 24.0. The lowest BCUT2D eigenvalue weighted by Gasteiger charge is -2.40. The van der Waals surface area contributed by atoms with E-state index in [1.807, 2.05) is 50.2 Å². The summed E-state index contributed by atoms with van der Waals surface area (Å²) in [5, 5.41) is 30.9. The van der Waals surface area contributed by atoms with Crippen molar-refractivity contribution in [1.82, 2.24) is 20.0 Å². The number of nitrogens with zero attached hydrogens (tertiary/aromatic N) is 4. The molecular formula is C42H61N7O2. The number of carbonyl (C=O) groups excluding carboxylic acids is 1. The number of rotatable bonds is 13. The van der Waals surface area contributed by atoms with Crippen molar-refractivity contribution in [3.05, 3.63) is 94.4 Å². The van der Waals surface area contributed by atoms with Gasteiger partial charge in [-0.2, -0.15) is 5.26 Å². The molecule has 9 nitrogen and oxygen atoms in total. The number of benzene rings is 1. The van der Waals surface area contributed by atoms with Gasteiger partial charge in [-0.15, -0.1) is 0 Å². The van der Waals surface area contributed by atoms with E-state index < -0.39 is 5.41 Å². The number of nitriles is 1. The predicted molar refractivity (Wildman–Crippen MR) is 210 cm³/mol. The molecule has 4 rings (SSSR count). The van der Waals surface area contributed by atoms with Crippen LogP contribution in [0.3, 0.4) is 0 Å². The van der Waals surface area contributed by atoms with Crippen molar-refractivity contribution in [3.63, 3.8) is 0 Å². The van der Waals surface area contributed by atoms with Gasteiger partial charge in [0.25, 0.3) is 5.91 Å². The Balaban J connectivity index is 0.00000226. The Bertz CT molecular complexity index is 1640. The van der Waals surface area contributed by atoms with Gasteiger partial charge >= 0.3 is 0 Å². The largest absolute Gasteiger partial charge is 0.431 e. The van der Waals surface area contributed by atoms with Crippen LogP contribution in [0.2, 0.25) is 0 Å². The van der Waals surface area contributed by atoms with E-state index in [1.165, 1.54) is 6.42 Å². The fourth-order valence-electron chi connectivity index (χ4n) is 8.01. The highest BCUT2D eigenvalue weighted by atomic mass is 16.5. The Labute approximate surface area is 307 Å². The molecule has 1 aromatic rings. The van der Waals surface area contributed by atoms with E-state index in [-0.39, 0.29) is 23.9 Å². The SMILES string of the molecule is C=C(/C=C(/C)C1=C(C)CCc2cc(C(=O)N(C)C)ccc2C1(C[C@@H](C)NCC(=C)N1C(C#N)CC2C(C)C21)C(=N)OC=N)C(=C)N(C)C.CCC. The maximum atomic E-state index is 13.1. The van der Waals surface area contributed by atoms with E-state index in [9.17, 15) is 15.5 Å². The van der Waals surface area contributed by atoms with Gasteiger partial charge in [0.15, 0.2) is 6.40 Å². The van der Waals surface area contributed by atoms with Crippen LogP contribution in [0, 0.1) is 34.0 Å². The summed E-state index contributed by atoms with van der Waals surface area (Å²) in [5.74, 6) is 0.983. The Morgan fingerprint density at radius 2 is 1.84 bits per heavy atom. The lowest BCUT2D eigenvalue weighted by Crippen LogP contribution is -2.46. The number of ether oxygens (including phenoxy) is 1. The number of nitrogens with one attached hydrogen (secondary N) is 3. The number of likely N-dealkylation sites (tertiary alicyclic amines) is 1. The molecule has 3 aliphatic rings. The Morgan fingerprint density at radius 3 is 2.41 bits per heavy atom. The number of amides is 1. The van der Waals surface area contributed by atoms with Crippen LogP contribution in [0.1, 0.15) is 88.7 Å². The molecule has 0 bridgehead atoms. The number of aryl methyl sites for hydroxylation is 1. The molecule has 1 heterocycles. The minimum absolute atomic E-state index is 0.0577. The van der Waals surface area contributed by atoms with Crippen LogP contribution < -0.4 is 5.32 Å². The van der Waals surface area contributed by atoms with Crippen LogP contribution in [0.25, 0.3) is 0 Å². The molecule has 276 valence electrons. The fraction of sp³-hybridized carbons (Fsp3) is 0.524. The van der Waals surface area contributed by atoms with Crippen molar-refractivity contribution in [2.24, 2.45) is 11.8 Å². The highest BCUT2D eigenvalue weighted by Crippen LogP contribution is 2.54. The summed E-state index contributed by atoms with van der Waals surface area (Å²) in [7, 11) is 7.34. The molecule has 2 fully saturated rings. The van der Waals surface area contributed by atoms with Crippen LogP contribution in [-0.4, -0.2) is 85.8 Å². The van der Waals surface area contributed by atoms with Gasteiger partial charge in [-0.05, 0) is 98.3 Å². The molecular weight excluding hydrogens is 635 g/mol. The lowest BCUT2D eigenvalue weighted by molar-refractivity contribution is 0.0827. The summed E-state index contributed by atoms with van der Waals surface area (Å²) in [6.07, 6.45) is 6.81. The molecule has 1 aliphatic heterocycles. The van der Waals surface area contributed by atoms with Crippen molar-refractivity contribution >= 4 is 18.2 Å². The fourth-order valence-corrected chi connectivity index (χ4v) is 8.01. The highest BCUT2D eigenvalue weighted by molar-refractivity contribution is 5.97. The third-order valence-corrected chi connectivity index (χ3v) is 10.5. The predicted octanol–water partition coefficient (Wildman–Crippen LogP) is 7.60. The zero-order valence-electron chi connectivity index (χ0n) is 32.7. The first kappa shape index (κ1) is 41.0. The van der Waals surface area contributed by atoms with Crippen molar-refractivity contribution in [2.75, 3.05) is 34.7 Å². The molecule has 51 heavy (non-hydrogen) atoms. The average molecular weight is 696 g/mol. The topological polar surface area (TPSA) is 120 Å².